The smallest absolute Gasteiger partial charge is 0.331 e. The molecule has 3 aromatic carbocycles. The van der Waals surface area contributed by atoms with Crippen molar-refractivity contribution in [2.75, 3.05) is 12.4 Å². The summed E-state index contributed by atoms with van der Waals surface area (Å²) in [5.74, 6) is 0.723. The summed E-state index contributed by atoms with van der Waals surface area (Å²) in [7, 11) is 4.90. The lowest BCUT2D eigenvalue weighted by molar-refractivity contribution is 0.408. The van der Waals surface area contributed by atoms with Crippen molar-refractivity contribution in [2.45, 2.75) is 6.04 Å². The maximum absolute atomic E-state index is 13.7. The second-order valence-corrected chi connectivity index (χ2v) is 8.70. The summed E-state index contributed by atoms with van der Waals surface area (Å²) in [4.78, 5) is 26.8. The highest BCUT2D eigenvalue weighted by Gasteiger charge is 2.35. The van der Waals surface area contributed by atoms with E-state index in [0.717, 1.165) is 39.6 Å². The topological polar surface area (TPSA) is 70.2 Å². The standard InChI is InChI=1S/C28H24N4O3/c1-30-25-22(27(33)31(2)28(30)34)24(17-11-5-4-6-12-17)32-20-15-9-8-14-19(20)29-23(26(25)32)18-13-7-10-16-21(18)35-3/h4-16,23,29H,1-3H3/t23-/m0/s1. The molecule has 0 radical (unpaired) electrons. The summed E-state index contributed by atoms with van der Waals surface area (Å²) >= 11 is 0. The molecule has 2 aromatic heterocycles. The minimum Gasteiger partial charge on any atom is -0.496 e. The number of aryl methyl sites for hydroxylation is 1. The van der Waals surface area contributed by atoms with Gasteiger partial charge in [-0.25, -0.2) is 4.79 Å². The highest BCUT2D eigenvalue weighted by molar-refractivity contribution is 5.99. The molecule has 35 heavy (non-hydrogen) atoms. The number of ether oxygens (including phenoxy) is 1. The van der Waals surface area contributed by atoms with Crippen LogP contribution in [0.3, 0.4) is 0 Å². The summed E-state index contributed by atoms with van der Waals surface area (Å²) in [6, 6.07) is 25.3. The molecule has 0 bridgehead atoms. The fraction of sp³-hybridized carbons (Fsp3) is 0.143. The van der Waals surface area contributed by atoms with Gasteiger partial charge in [0.1, 0.15) is 5.75 Å². The Morgan fingerprint density at radius 2 is 1.51 bits per heavy atom. The molecule has 6 rings (SSSR count). The Labute approximate surface area is 201 Å². The van der Waals surface area contributed by atoms with Crippen LogP contribution in [0.4, 0.5) is 5.69 Å². The first-order valence-electron chi connectivity index (χ1n) is 11.4. The first kappa shape index (κ1) is 21.0. The summed E-state index contributed by atoms with van der Waals surface area (Å²) in [6.45, 7) is 0. The van der Waals surface area contributed by atoms with Crippen LogP contribution in [0.2, 0.25) is 0 Å². The number of methoxy groups -OCH3 is 1. The van der Waals surface area contributed by atoms with E-state index in [0.29, 0.717) is 10.9 Å². The number of nitrogens with one attached hydrogen (secondary N) is 1. The van der Waals surface area contributed by atoms with Gasteiger partial charge in [0.2, 0.25) is 0 Å². The molecule has 7 nitrogen and oxygen atoms in total. The van der Waals surface area contributed by atoms with Gasteiger partial charge in [-0.2, -0.15) is 0 Å². The number of hydrogen-bond acceptors (Lipinski definition) is 4. The van der Waals surface area contributed by atoms with Crippen molar-refractivity contribution < 1.29 is 4.74 Å². The molecule has 3 heterocycles. The van der Waals surface area contributed by atoms with E-state index in [-0.39, 0.29) is 17.3 Å². The molecule has 1 aliphatic heterocycles. The van der Waals surface area contributed by atoms with Gasteiger partial charge in [0.05, 0.1) is 46.8 Å². The normalized spacial score (nSPS) is 14.3. The lowest BCUT2D eigenvalue weighted by Gasteiger charge is -2.31. The quantitative estimate of drug-likeness (QED) is 0.434. The molecule has 0 aliphatic carbocycles. The van der Waals surface area contributed by atoms with E-state index in [4.69, 9.17) is 4.74 Å². The van der Waals surface area contributed by atoms with E-state index < -0.39 is 0 Å². The fourth-order valence-electron chi connectivity index (χ4n) is 5.23. The molecule has 0 unspecified atom stereocenters. The van der Waals surface area contributed by atoms with E-state index in [1.54, 1.807) is 18.7 Å². The maximum Gasteiger partial charge on any atom is 0.331 e. The average molecular weight is 465 g/mol. The van der Waals surface area contributed by atoms with Crippen LogP contribution >= 0.6 is 0 Å². The largest absolute Gasteiger partial charge is 0.496 e. The zero-order valence-corrected chi connectivity index (χ0v) is 19.6. The van der Waals surface area contributed by atoms with Gasteiger partial charge in [-0.1, -0.05) is 60.7 Å². The third kappa shape index (κ3) is 2.91. The predicted octanol–water partition coefficient (Wildman–Crippen LogP) is 4.22. The van der Waals surface area contributed by atoms with E-state index in [1.165, 1.54) is 11.6 Å². The maximum atomic E-state index is 13.7. The molecule has 1 aliphatic rings. The van der Waals surface area contributed by atoms with E-state index in [2.05, 4.69) is 9.88 Å². The molecule has 7 heteroatoms. The highest BCUT2D eigenvalue weighted by Crippen LogP contribution is 2.46. The lowest BCUT2D eigenvalue weighted by Crippen LogP contribution is -2.37. The number of hydrogen-bond donors (Lipinski definition) is 1. The van der Waals surface area contributed by atoms with Crippen LogP contribution in [0.25, 0.3) is 27.8 Å². The first-order chi connectivity index (χ1) is 17.0. The van der Waals surface area contributed by atoms with Gasteiger partial charge in [-0.3, -0.25) is 13.9 Å². The van der Waals surface area contributed by atoms with Gasteiger partial charge in [-0.15, -0.1) is 0 Å². The minimum atomic E-state index is -0.367. The SMILES string of the molecule is COc1ccccc1[C@@H]1Nc2ccccc2-n2c(-c3ccccc3)c3c(=O)n(C)c(=O)n(C)c3c21. The fourth-order valence-corrected chi connectivity index (χ4v) is 5.23. The van der Waals surface area contributed by atoms with Gasteiger partial charge < -0.3 is 14.6 Å². The number of benzene rings is 3. The Bertz CT molecular complexity index is 1730. The van der Waals surface area contributed by atoms with Crippen molar-refractivity contribution in [3.05, 3.63) is 111 Å². The van der Waals surface area contributed by atoms with E-state index >= 15 is 0 Å². The number of fused-ring (bicyclic) bond motifs is 5. The molecule has 1 atom stereocenters. The summed E-state index contributed by atoms with van der Waals surface area (Å²) < 4.78 is 10.6. The van der Waals surface area contributed by atoms with Crippen LogP contribution in [-0.4, -0.2) is 20.8 Å². The Hall–Kier alpha value is -4.52. The van der Waals surface area contributed by atoms with Crippen molar-refractivity contribution >= 4 is 16.6 Å². The van der Waals surface area contributed by atoms with Gasteiger partial charge in [0.25, 0.3) is 5.56 Å². The van der Waals surface area contributed by atoms with Crippen LogP contribution in [0.1, 0.15) is 17.3 Å². The lowest BCUT2D eigenvalue weighted by atomic mass is 9.98. The number of para-hydroxylation sites is 3. The zero-order valence-electron chi connectivity index (χ0n) is 19.6. The Morgan fingerprint density at radius 1 is 0.829 bits per heavy atom. The molecule has 1 N–H and O–H groups in total. The molecule has 0 fully saturated rings. The number of aromatic nitrogens is 3. The zero-order chi connectivity index (χ0) is 24.3. The van der Waals surface area contributed by atoms with Gasteiger partial charge in [0, 0.05) is 19.7 Å². The molecule has 0 amide bonds. The summed E-state index contributed by atoms with van der Waals surface area (Å²) in [5.41, 5.74) is 5.16. The second kappa shape index (κ2) is 7.77. The molecular weight excluding hydrogens is 440 g/mol. The van der Waals surface area contributed by atoms with E-state index in [9.17, 15) is 9.59 Å². The molecule has 0 saturated heterocycles. The number of anilines is 1. The Morgan fingerprint density at radius 3 is 2.29 bits per heavy atom. The third-order valence-corrected chi connectivity index (χ3v) is 6.82. The van der Waals surface area contributed by atoms with Crippen molar-refractivity contribution in [1.29, 1.82) is 0 Å². The Balaban J connectivity index is 1.87. The van der Waals surface area contributed by atoms with Gasteiger partial charge in [0.15, 0.2) is 0 Å². The monoisotopic (exact) mass is 464 g/mol. The van der Waals surface area contributed by atoms with Crippen molar-refractivity contribution in [1.82, 2.24) is 13.7 Å². The first-order valence-corrected chi connectivity index (χ1v) is 11.4. The van der Waals surface area contributed by atoms with Gasteiger partial charge >= 0.3 is 5.69 Å². The molecule has 174 valence electrons. The Kier molecular flexibility index (Phi) is 4.67. The van der Waals surface area contributed by atoms with Crippen molar-refractivity contribution in [3.8, 4) is 22.7 Å². The molecular formula is C28H24N4O3. The molecule has 0 saturated carbocycles. The minimum absolute atomic E-state index is 0.319. The van der Waals surface area contributed by atoms with Gasteiger partial charge in [-0.05, 0) is 23.8 Å². The van der Waals surface area contributed by atoms with Crippen LogP contribution in [0, 0.1) is 0 Å². The van der Waals surface area contributed by atoms with Crippen LogP contribution < -0.4 is 21.3 Å². The van der Waals surface area contributed by atoms with E-state index in [1.807, 2.05) is 78.9 Å². The number of nitrogens with zero attached hydrogens (tertiary/aromatic N) is 3. The van der Waals surface area contributed by atoms with Crippen molar-refractivity contribution in [2.24, 2.45) is 14.1 Å². The van der Waals surface area contributed by atoms with Crippen LogP contribution in [0.15, 0.2) is 88.5 Å². The predicted molar refractivity (Wildman–Crippen MR) is 138 cm³/mol. The second-order valence-electron chi connectivity index (χ2n) is 8.70. The van der Waals surface area contributed by atoms with Crippen LogP contribution in [-0.2, 0) is 14.1 Å². The molecule has 0 spiro atoms. The van der Waals surface area contributed by atoms with Crippen molar-refractivity contribution in [3.63, 3.8) is 0 Å². The summed E-state index contributed by atoms with van der Waals surface area (Å²) in [6.07, 6.45) is 0. The molecule has 5 aromatic rings. The number of rotatable bonds is 3. The third-order valence-electron chi connectivity index (χ3n) is 6.82. The van der Waals surface area contributed by atoms with Crippen LogP contribution in [0.5, 0.6) is 5.75 Å². The summed E-state index contributed by atoms with van der Waals surface area (Å²) in [5, 5.41) is 4.17. The average Bonchev–Trinajstić information content (AvgIpc) is 3.27. The highest BCUT2D eigenvalue weighted by atomic mass is 16.5.